The van der Waals surface area contributed by atoms with Crippen molar-refractivity contribution >= 4 is 27.5 Å². The van der Waals surface area contributed by atoms with Crippen LogP contribution in [0.3, 0.4) is 0 Å². The molecule has 6 nitrogen and oxygen atoms in total. The van der Waals surface area contributed by atoms with Crippen molar-refractivity contribution in [2.75, 3.05) is 20.6 Å². The van der Waals surface area contributed by atoms with Gasteiger partial charge in [-0.25, -0.2) is 12.7 Å². The van der Waals surface area contributed by atoms with E-state index in [9.17, 15) is 13.2 Å². The molecule has 1 fully saturated rings. The summed E-state index contributed by atoms with van der Waals surface area (Å²) in [6, 6.07) is 8.27. The molecule has 0 radical (unpaired) electrons. The van der Waals surface area contributed by atoms with Crippen LogP contribution < -0.4 is 0 Å². The van der Waals surface area contributed by atoms with Crippen molar-refractivity contribution in [1.82, 2.24) is 13.8 Å². The maximum absolute atomic E-state index is 13.6. The van der Waals surface area contributed by atoms with Crippen LogP contribution in [0.2, 0.25) is 5.02 Å². The topological polar surface area (TPSA) is 62.6 Å². The zero-order chi connectivity index (χ0) is 21.3. The first-order valence-electron chi connectivity index (χ1n) is 9.77. The maximum atomic E-state index is 13.6. The molecule has 0 spiro atoms. The number of carbonyl (C=O) groups excluding carboxylic acids is 1. The van der Waals surface area contributed by atoms with Gasteiger partial charge in [0.05, 0.1) is 21.5 Å². The second-order valence-electron chi connectivity index (χ2n) is 7.96. The Labute approximate surface area is 178 Å². The van der Waals surface area contributed by atoms with Gasteiger partial charge in [0.25, 0.3) is 5.91 Å². The minimum atomic E-state index is -3.66. The van der Waals surface area contributed by atoms with Crippen molar-refractivity contribution in [3.05, 3.63) is 52.8 Å². The van der Waals surface area contributed by atoms with E-state index in [-0.39, 0.29) is 27.4 Å². The molecule has 2 aromatic rings. The van der Waals surface area contributed by atoms with Gasteiger partial charge in [-0.05, 0) is 55.5 Å². The van der Waals surface area contributed by atoms with Gasteiger partial charge in [0.1, 0.15) is 0 Å². The third kappa shape index (κ3) is 4.37. The lowest BCUT2D eigenvalue weighted by atomic mass is 10.00. The van der Waals surface area contributed by atoms with Gasteiger partial charge in [0.2, 0.25) is 10.0 Å². The van der Waals surface area contributed by atoms with Gasteiger partial charge < -0.3 is 9.47 Å². The van der Waals surface area contributed by atoms with Crippen LogP contribution in [0.1, 0.15) is 48.3 Å². The monoisotopic (exact) mass is 437 g/mol. The van der Waals surface area contributed by atoms with Crippen molar-refractivity contribution < 1.29 is 13.2 Å². The number of aryl methyl sites for hydroxylation is 1. The Morgan fingerprint density at radius 2 is 1.90 bits per heavy atom. The average molecular weight is 438 g/mol. The molecule has 0 aliphatic carbocycles. The Hall–Kier alpha value is -1.83. The number of sulfonamides is 1. The molecule has 2 atom stereocenters. The number of hydrogen-bond acceptors (Lipinski definition) is 3. The summed E-state index contributed by atoms with van der Waals surface area (Å²) >= 11 is 6.35. The molecule has 1 amide bonds. The minimum absolute atomic E-state index is 0.0638. The molecule has 2 heterocycles. The van der Waals surface area contributed by atoms with Crippen LogP contribution in [0.15, 0.2) is 41.4 Å². The third-order valence-corrected chi connectivity index (χ3v) is 7.85. The molecule has 0 N–H and O–H groups in total. The molecule has 1 saturated heterocycles. The Morgan fingerprint density at radius 3 is 2.52 bits per heavy atom. The molecule has 0 unspecified atom stereocenters. The number of hydrogen-bond donors (Lipinski definition) is 0. The molecule has 29 heavy (non-hydrogen) atoms. The van der Waals surface area contributed by atoms with Gasteiger partial charge in [-0.3, -0.25) is 4.79 Å². The zero-order valence-corrected chi connectivity index (χ0v) is 18.9. The van der Waals surface area contributed by atoms with Gasteiger partial charge in [0, 0.05) is 39.6 Å². The van der Waals surface area contributed by atoms with Crippen LogP contribution in [0.25, 0.3) is 0 Å². The molecule has 1 aliphatic rings. The number of amides is 1. The molecule has 1 aromatic carbocycles. The van der Waals surface area contributed by atoms with Gasteiger partial charge in [-0.2, -0.15) is 0 Å². The Balaban J connectivity index is 2.04. The van der Waals surface area contributed by atoms with Crippen molar-refractivity contribution in [3.63, 3.8) is 0 Å². The number of aromatic nitrogens is 1. The van der Waals surface area contributed by atoms with E-state index in [4.69, 9.17) is 11.6 Å². The summed E-state index contributed by atoms with van der Waals surface area (Å²) in [6.45, 7) is 2.81. The third-order valence-electron chi connectivity index (χ3n) is 5.70. The molecule has 0 bridgehead atoms. The number of benzene rings is 1. The zero-order valence-electron chi connectivity index (χ0n) is 17.3. The van der Waals surface area contributed by atoms with E-state index in [0.29, 0.717) is 12.5 Å². The Bertz CT molecular complexity index is 1000. The van der Waals surface area contributed by atoms with Crippen LogP contribution >= 0.6 is 11.6 Å². The number of nitrogens with zero attached hydrogens (tertiary/aromatic N) is 3. The van der Waals surface area contributed by atoms with Crippen molar-refractivity contribution in [2.24, 2.45) is 13.0 Å². The van der Waals surface area contributed by atoms with Crippen molar-refractivity contribution in [1.29, 1.82) is 0 Å². The summed E-state index contributed by atoms with van der Waals surface area (Å²) in [5.74, 6) is 0.289. The highest BCUT2D eigenvalue weighted by molar-refractivity contribution is 7.89. The molecule has 3 rings (SSSR count). The first kappa shape index (κ1) is 21.9. The normalized spacial score (nSPS) is 20.7. The number of halogens is 1. The van der Waals surface area contributed by atoms with E-state index in [1.165, 1.54) is 32.3 Å². The smallest absolute Gasteiger partial charge is 0.255 e. The van der Waals surface area contributed by atoms with Crippen molar-refractivity contribution in [3.8, 4) is 0 Å². The van der Waals surface area contributed by atoms with Crippen molar-refractivity contribution in [2.45, 2.75) is 37.1 Å². The van der Waals surface area contributed by atoms with Gasteiger partial charge in [0.15, 0.2) is 0 Å². The Morgan fingerprint density at radius 1 is 1.17 bits per heavy atom. The molecule has 158 valence electrons. The second kappa shape index (κ2) is 8.50. The average Bonchev–Trinajstić information content (AvgIpc) is 2.99. The van der Waals surface area contributed by atoms with E-state index in [1.807, 2.05) is 34.8 Å². The lowest BCUT2D eigenvalue weighted by Gasteiger charge is -2.31. The van der Waals surface area contributed by atoms with Crippen LogP contribution in [0.5, 0.6) is 0 Å². The quantitative estimate of drug-likeness (QED) is 0.727. The number of rotatable bonds is 4. The largest absolute Gasteiger partial charge is 0.353 e. The highest BCUT2D eigenvalue weighted by Crippen LogP contribution is 2.35. The van der Waals surface area contributed by atoms with E-state index >= 15 is 0 Å². The molecule has 1 aliphatic heterocycles. The number of carbonyl (C=O) groups is 1. The summed E-state index contributed by atoms with van der Waals surface area (Å²) < 4.78 is 28.3. The fourth-order valence-corrected chi connectivity index (χ4v) is 4.95. The molecule has 8 heteroatoms. The van der Waals surface area contributed by atoms with E-state index in [1.54, 1.807) is 0 Å². The molecule has 1 aromatic heterocycles. The van der Waals surface area contributed by atoms with Gasteiger partial charge >= 0.3 is 0 Å². The van der Waals surface area contributed by atoms with Crippen LogP contribution in [-0.4, -0.2) is 48.7 Å². The molecular weight excluding hydrogens is 410 g/mol. The second-order valence-corrected chi connectivity index (χ2v) is 10.5. The first-order chi connectivity index (χ1) is 13.6. The summed E-state index contributed by atoms with van der Waals surface area (Å²) in [7, 11) is 1.25. The predicted molar refractivity (Wildman–Crippen MR) is 115 cm³/mol. The SMILES string of the molecule is C[C@@H]1CC[C@H](c2cccn2C)N(C(=O)c2cc(S(=O)(=O)N(C)C)ccc2Cl)CC1. The predicted octanol–water partition coefficient (Wildman–Crippen LogP) is 3.93. The lowest BCUT2D eigenvalue weighted by Crippen LogP contribution is -2.36. The first-order valence-corrected chi connectivity index (χ1v) is 11.6. The molecule has 0 saturated carbocycles. The van der Waals surface area contributed by atoms with E-state index in [2.05, 4.69) is 6.92 Å². The standard InChI is InChI=1S/C21H28ClN3O3S/c1-15-7-10-20(19-6-5-12-24(19)4)25(13-11-15)21(26)17-14-16(8-9-18(17)22)29(27,28)23(2)3/h5-6,8-9,12,14-15,20H,7,10-11,13H2,1-4H3/t15-,20-/m1/s1. The fraction of sp³-hybridized carbons (Fsp3) is 0.476. The number of likely N-dealkylation sites (tertiary alicyclic amines) is 1. The summed E-state index contributed by atoms with van der Waals surface area (Å²) in [6.07, 6.45) is 4.77. The van der Waals surface area contributed by atoms with Crippen LogP contribution in [0.4, 0.5) is 0 Å². The molecular formula is C21H28ClN3O3S. The fourth-order valence-electron chi connectivity index (χ4n) is 3.82. The summed E-state index contributed by atoms with van der Waals surface area (Å²) in [5, 5.41) is 0.260. The van der Waals surface area contributed by atoms with Gasteiger partial charge in [-0.15, -0.1) is 0 Å². The summed E-state index contributed by atoms with van der Waals surface area (Å²) in [4.78, 5) is 15.5. The van der Waals surface area contributed by atoms with E-state index in [0.717, 1.165) is 29.3 Å². The highest BCUT2D eigenvalue weighted by Gasteiger charge is 2.32. The van der Waals surface area contributed by atoms with Crippen LogP contribution in [0, 0.1) is 5.92 Å². The van der Waals surface area contributed by atoms with Crippen LogP contribution in [-0.2, 0) is 17.1 Å². The van der Waals surface area contributed by atoms with E-state index < -0.39 is 10.0 Å². The van der Waals surface area contributed by atoms with Gasteiger partial charge in [-0.1, -0.05) is 18.5 Å². The minimum Gasteiger partial charge on any atom is -0.353 e. The Kier molecular flexibility index (Phi) is 6.41. The highest BCUT2D eigenvalue weighted by atomic mass is 35.5. The summed E-state index contributed by atoms with van der Waals surface area (Å²) in [5.41, 5.74) is 1.30. The lowest BCUT2D eigenvalue weighted by molar-refractivity contribution is 0.0673. The maximum Gasteiger partial charge on any atom is 0.255 e.